The summed E-state index contributed by atoms with van der Waals surface area (Å²) in [4.78, 5) is 23.2. The largest absolute Gasteiger partial charge is 0.357 e. The molecule has 1 aromatic carbocycles. The molecule has 1 saturated heterocycles. The number of nitrogens with one attached hydrogen (secondary N) is 3. The van der Waals surface area contributed by atoms with Crippen molar-refractivity contribution in [2.24, 2.45) is 4.99 Å². The molecular formula is C20H30IN7O. The Morgan fingerprint density at radius 3 is 2.79 bits per heavy atom. The molecule has 2 heterocycles. The molecule has 29 heavy (non-hydrogen) atoms. The van der Waals surface area contributed by atoms with Gasteiger partial charge in [0.15, 0.2) is 5.96 Å². The van der Waals surface area contributed by atoms with Crippen LogP contribution in [-0.4, -0.2) is 65.2 Å². The Bertz CT molecular complexity index is 786. The van der Waals surface area contributed by atoms with Crippen LogP contribution < -0.4 is 10.6 Å². The maximum Gasteiger partial charge on any atom is 0.251 e. The lowest BCUT2D eigenvalue weighted by Crippen LogP contribution is -2.45. The molecule has 0 radical (unpaired) electrons. The zero-order valence-electron chi connectivity index (χ0n) is 17.0. The van der Waals surface area contributed by atoms with Crippen LogP contribution in [0.4, 0.5) is 0 Å². The van der Waals surface area contributed by atoms with Crippen LogP contribution in [0.1, 0.15) is 47.4 Å². The SMILES string of the molecule is CCNC(=NCCc1cccc(C(=O)NC)c1)N1CCC(c2ncn[nH]2)CC1.I. The molecule has 2 aromatic rings. The average molecular weight is 511 g/mol. The van der Waals surface area contributed by atoms with E-state index in [0.29, 0.717) is 18.0 Å². The van der Waals surface area contributed by atoms with Crippen LogP contribution in [0.25, 0.3) is 0 Å². The fraction of sp³-hybridized carbons (Fsp3) is 0.500. The van der Waals surface area contributed by atoms with E-state index >= 15 is 0 Å². The van der Waals surface area contributed by atoms with E-state index in [1.165, 1.54) is 0 Å². The summed E-state index contributed by atoms with van der Waals surface area (Å²) in [5.74, 6) is 2.32. The second-order valence-corrected chi connectivity index (χ2v) is 6.90. The molecule has 0 atom stereocenters. The van der Waals surface area contributed by atoms with E-state index < -0.39 is 0 Å². The standard InChI is InChI=1S/C20H29N7O.HI/c1-3-22-20(27-11-8-16(9-12-27)18-24-14-25-26-18)23-10-7-15-5-4-6-17(13-15)19(28)21-2;/h4-6,13-14,16H,3,7-12H2,1-2H3,(H,21,28)(H,22,23)(H,24,25,26);1H. The first-order chi connectivity index (χ1) is 13.7. The quantitative estimate of drug-likeness (QED) is 0.314. The molecule has 0 unspecified atom stereocenters. The van der Waals surface area contributed by atoms with Gasteiger partial charge in [0.05, 0.1) is 0 Å². The predicted molar refractivity (Wildman–Crippen MR) is 125 cm³/mol. The Labute approximate surface area is 189 Å². The number of benzene rings is 1. The van der Waals surface area contributed by atoms with Gasteiger partial charge in [-0.15, -0.1) is 24.0 Å². The molecule has 1 aliphatic rings. The van der Waals surface area contributed by atoms with Crippen molar-refractivity contribution in [2.75, 3.05) is 33.2 Å². The van der Waals surface area contributed by atoms with Crippen LogP contribution in [0.15, 0.2) is 35.6 Å². The number of carbonyl (C=O) groups excluding carboxylic acids is 1. The molecule has 1 amide bonds. The lowest BCUT2D eigenvalue weighted by Gasteiger charge is -2.33. The number of guanidine groups is 1. The lowest BCUT2D eigenvalue weighted by atomic mass is 9.96. The van der Waals surface area contributed by atoms with Crippen LogP contribution >= 0.6 is 24.0 Å². The Balaban J connectivity index is 0.00000300. The third-order valence-corrected chi connectivity index (χ3v) is 5.03. The molecule has 158 valence electrons. The van der Waals surface area contributed by atoms with Gasteiger partial charge in [-0.3, -0.25) is 14.9 Å². The number of halogens is 1. The van der Waals surface area contributed by atoms with Crippen molar-refractivity contribution in [1.82, 2.24) is 30.7 Å². The highest BCUT2D eigenvalue weighted by Crippen LogP contribution is 2.24. The molecule has 0 bridgehead atoms. The van der Waals surface area contributed by atoms with Gasteiger partial charge in [0, 0.05) is 44.7 Å². The number of hydrogen-bond acceptors (Lipinski definition) is 4. The Kier molecular flexibility index (Phi) is 9.36. The number of rotatable bonds is 6. The third-order valence-electron chi connectivity index (χ3n) is 5.03. The topological polar surface area (TPSA) is 98.3 Å². The number of aromatic nitrogens is 3. The van der Waals surface area contributed by atoms with Gasteiger partial charge >= 0.3 is 0 Å². The second-order valence-electron chi connectivity index (χ2n) is 6.90. The lowest BCUT2D eigenvalue weighted by molar-refractivity contribution is 0.0963. The summed E-state index contributed by atoms with van der Waals surface area (Å²) < 4.78 is 0. The minimum atomic E-state index is -0.0617. The van der Waals surface area contributed by atoms with Gasteiger partial charge in [0.25, 0.3) is 5.91 Å². The molecule has 0 spiro atoms. The molecule has 0 aliphatic carbocycles. The van der Waals surface area contributed by atoms with Crippen LogP contribution in [0, 0.1) is 0 Å². The molecule has 3 N–H and O–H groups in total. The highest BCUT2D eigenvalue weighted by atomic mass is 127. The van der Waals surface area contributed by atoms with Crippen molar-refractivity contribution in [3.8, 4) is 0 Å². The van der Waals surface area contributed by atoms with E-state index in [1.807, 2.05) is 24.3 Å². The predicted octanol–water partition coefficient (Wildman–Crippen LogP) is 2.17. The van der Waals surface area contributed by atoms with E-state index in [9.17, 15) is 4.79 Å². The summed E-state index contributed by atoms with van der Waals surface area (Å²) in [6.45, 7) is 5.50. The monoisotopic (exact) mass is 511 g/mol. The minimum absolute atomic E-state index is 0. The van der Waals surface area contributed by atoms with Crippen LogP contribution in [0.2, 0.25) is 0 Å². The van der Waals surface area contributed by atoms with Crippen molar-refractivity contribution in [3.05, 3.63) is 47.5 Å². The van der Waals surface area contributed by atoms with Gasteiger partial charge in [-0.05, 0) is 43.9 Å². The summed E-state index contributed by atoms with van der Waals surface area (Å²) in [7, 11) is 1.65. The van der Waals surface area contributed by atoms with E-state index in [1.54, 1.807) is 13.4 Å². The van der Waals surface area contributed by atoms with Crippen LogP contribution in [0.5, 0.6) is 0 Å². The molecule has 8 nitrogen and oxygen atoms in total. The number of likely N-dealkylation sites (tertiary alicyclic amines) is 1. The van der Waals surface area contributed by atoms with E-state index in [-0.39, 0.29) is 29.9 Å². The average Bonchev–Trinajstić information content (AvgIpc) is 3.28. The fourth-order valence-electron chi connectivity index (χ4n) is 3.51. The zero-order chi connectivity index (χ0) is 19.8. The number of hydrogen-bond donors (Lipinski definition) is 3. The zero-order valence-corrected chi connectivity index (χ0v) is 19.3. The maximum absolute atomic E-state index is 11.8. The van der Waals surface area contributed by atoms with Gasteiger partial charge in [-0.2, -0.15) is 5.10 Å². The smallest absolute Gasteiger partial charge is 0.251 e. The van der Waals surface area contributed by atoms with Crippen molar-refractivity contribution in [3.63, 3.8) is 0 Å². The first-order valence-electron chi connectivity index (χ1n) is 9.90. The number of aromatic amines is 1. The highest BCUT2D eigenvalue weighted by Gasteiger charge is 2.24. The number of piperidine rings is 1. The van der Waals surface area contributed by atoms with Crippen LogP contribution in [0.3, 0.4) is 0 Å². The Hall–Kier alpha value is -2.17. The Morgan fingerprint density at radius 1 is 1.34 bits per heavy atom. The second kappa shape index (κ2) is 11.7. The van der Waals surface area contributed by atoms with Crippen LogP contribution in [-0.2, 0) is 6.42 Å². The number of carbonyl (C=O) groups is 1. The van der Waals surface area contributed by atoms with Gasteiger partial charge in [0.2, 0.25) is 0 Å². The number of amides is 1. The first kappa shape index (κ1) is 23.1. The Morgan fingerprint density at radius 2 is 2.14 bits per heavy atom. The molecule has 1 fully saturated rings. The molecule has 9 heteroatoms. The summed E-state index contributed by atoms with van der Waals surface area (Å²) >= 11 is 0. The van der Waals surface area contributed by atoms with E-state index in [0.717, 1.165) is 56.2 Å². The summed E-state index contributed by atoms with van der Waals surface area (Å²) in [6, 6.07) is 7.72. The minimum Gasteiger partial charge on any atom is -0.357 e. The van der Waals surface area contributed by atoms with Gasteiger partial charge < -0.3 is 15.5 Å². The molecule has 1 aromatic heterocycles. The fourth-order valence-corrected chi connectivity index (χ4v) is 3.51. The van der Waals surface area contributed by atoms with E-state index in [2.05, 4.69) is 37.6 Å². The third kappa shape index (κ3) is 6.41. The molecular weight excluding hydrogens is 481 g/mol. The van der Waals surface area contributed by atoms with Crippen molar-refractivity contribution in [2.45, 2.75) is 32.1 Å². The van der Waals surface area contributed by atoms with Crippen molar-refractivity contribution >= 4 is 35.8 Å². The highest BCUT2D eigenvalue weighted by molar-refractivity contribution is 14.0. The first-order valence-corrected chi connectivity index (χ1v) is 9.90. The van der Waals surface area contributed by atoms with Gasteiger partial charge in [0.1, 0.15) is 12.2 Å². The number of H-pyrrole nitrogens is 1. The number of nitrogens with zero attached hydrogens (tertiary/aromatic N) is 4. The maximum atomic E-state index is 11.8. The number of aliphatic imine (C=N–C) groups is 1. The van der Waals surface area contributed by atoms with Crippen molar-refractivity contribution in [1.29, 1.82) is 0 Å². The van der Waals surface area contributed by atoms with Crippen molar-refractivity contribution < 1.29 is 4.79 Å². The van der Waals surface area contributed by atoms with Gasteiger partial charge in [-0.1, -0.05) is 12.1 Å². The molecule has 3 rings (SSSR count). The normalized spacial score (nSPS) is 15.0. The summed E-state index contributed by atoms with van der Waals surface area (Å²) in [5, 5.41) is 13.0. The van der Waals surface area contributed by atoms with E-state index in [4.69, 9.17) is 4.99 Å². The molecule has 1 aliphatic heterocycles. The summed E-state index contributed by atoms with van der Waals surface area (Å²) in [6.07, 6.45) is 4.45. The molecule has 0 saturated carbocycles. The summed E-state index contributed by atoms with van der Waals surface area (Å²) in [5.41, 5.74) is 1.80. The van der Waals surface area contributed by atoms with Gasteiger partial charge in [-0.25, -0.2) is 4.98 Å².